The molecule has 4 N–H and O–H groups in total. The van der Waals surface area contributed by atoms with Gasteiger partial charge in [0.2, 0.25) is 5.91 Å². The number of carboxylic acid groups (broad SMARTS) is 2. The minimum absolute atomic E-state index is 0.0235. The lowest BCUT2D eigenvalue weighted by atomic mass is 10.1. The number of likely N-dealkylation sites (tertiary alicyclic amines) is 1. The summed E-state index contributed by atoms with van der Waals surface area (Å²) in [6.45, 7) is 2.80. The van der Waals surface area contributed by atoms with Crippen molar-refractivity contribution in [3.05, 3.63) is 0 Å². The van der Waals surface area contributed by atoms with Crippen LogP contribution in [0.15, 0.2) is 0 Å². The first-order valence-electron chi connectivity index (χ1n) is 9.84. The fourth-order valence-corrected chi connectivity index (χ4v) is 3.38. The second-order valence-electron chi connectivity index (χ2n) is 6.83. The van der Waals surface area contributed by atoms with Crippen molar-refractivity contribution in [2.24, 2.45) is 5.73 Å². The van der Waals surface area contributed by atoms with Crippen molar-refractivity contribution in [2.75, 3.05) is 18.6 Å². The number of nitrogens with two attached hydrogens (primary N) is 1. The Morgan fingerprint density at radius 3 is 2.33 bits per heavy atom. The number of amides is 1. The van der Waals surface area contributed by atoms with E-state index in [1.807, 2.05) is 6.26 Å². The number of hydrogen-bond acceptors (Lipinski definition) is 5. The van der Waals surface area contributed by atoms with Crippen molar-refractivity contribution in [1.82, 2.24) is 4.90 Å². The molecule has 27 heavy (non-hydrogen) atoms. The summed E-state index contributed by atoms with van der Waals surface area (Å²) < 4.78 is 0. The molecule has 2 unspecified atom stereocenters. The van der Waals surface area contributed by atoms with Crippen LogP contribution in [0.5, 0.6) is 0 Å². The fraction of sp³-hybridized carbons (Fsp3) is 0.842. The van der Waals surface area contributed by atoms with Gasteiger partial charge in [-0.05, 0) is 37.7 Å². The van der Waals surface area contributed by atoms with Gasteiger partial charge in [0.05, 0.1) is 0 Å². The lowest BCUT2D eigenvalue weighted by Gasteiger charge is -2.21. The Morgan fingerprint density at radius 2 is 1.78 bits per heavy atom. The molecule has 1 rings (SSSR count). The van der Waals surface area contributed by atoms with Crippen LogP contribution in [0.25, 0.3) is 0 Å². The summed E-state index contributed by atoms with van der Waals surface area (Å²) in [6.07, 6.45) is 11.3. The molecule has 0 saturated carbocycles. The van der Waals surface area contributed by atoms with E-state index in [4.69, 9.17) is 15.9 Å². The standard InChI is InChI=1S/C14H25NO3.C5H11NO2S/c1-2-3-4-5-6-7-10-13(16)15-11-8-9-12(15)14(17)18;1-9-3-2-4(6)5(7)8/h12H,2-11H2,1H3,(H,17,18);4H,2-3,6H2,1H3,(H,7,8). The zero-order valence-electron chi connectivity index (χ0n) is 16.7. The van der Waals surface area contributed by atoms with Crippen LogP contribution in [-0.4, -0.2) is 63.6 Å². The molecular formula is C19H36N2O5S. The number of carbonyl (C=O) groups is 3. The van der Waals surface area contributed by atoms with E-state index in [-0.39, 0.29) is 5.91 Å². The highest BCUT2D eigenvalue weighted by molar-refractivity contribution is 7.98. The van der Waals surface area contributed by atoms with E-state index in [9.17, 15) is 14.4 Å². The molecule has 1 heterocycles. The van der Waals surface area contributed by atoms with Crippen LogP contribution in [0.4, 0.5) is 0 Å². The van der Waals surface area contributed by atoms with Crippen LogP contribution in [0.2, 0.25) is 0 Å². The number of unbranched alkanes of at least 4 members (excludes halogenated alkanes) is 5. The predicted molar refractivity (Wildman–Crippen MR) is 109 cm³/mol. The molecule has 1 aliphatic heterocycles. The second-order valence-corrected chi connectivity index (χ2v) is 7.81. The normalized spacial score (nSPS) is 17.1. The van der Waals surface area contributed by atoms with Crippen molar-refractivity contribution in [3.8, 4) is 0 Å². The molecule has 0 aliphatic carbocycles. The predicted octanol–water partition coefficient (Wildman–Crippen LogP) is 2.96. The first-order valence-corrected chi connectivity index (χ1v) is 11.2. The van der Waals surface area contributed by atoms with E-state index in [2.05, 4.69) is 6.92 Å². The van der Waals surface area contributed by atoms with Gasteiger partial charge >= 0.3 is 11.9 Å². The van der Waals surface area contributed by atoms with E-state index in [1.165, 1.54) is 25.7 Å². The van der Waals surface area contributed by atoms with E-state index >= 15 is 0 Å². The number of hydrogen-bond donors (Lipinski definition) is 3. The van der Waals surface area contributed by atoms with Gasteiger partial charge in [0, 0.05) is 13.0 Å². The molecule has 158 valence electrons. The third-order valence-electron chi connectivity index (χ3n) is 4.55. The van der Waals surface area contributed by atoms with Crippen LogP contribution >= 0.6 is 11.8 Å². The largest absolute Gasteiger partial charge is 0.480 e. The number of carboxylic acids is 2. The van der Waals surface area contributed by atoms with Crippen molar-refractivity contribution < 1.29 is 24.6 Å². The van der Waals surface area contributed by atoms with Gasteiger partial charge in [-0.3, -0.25) is 9.59 Å². The molecule has 0 aromatic heterocycles. The summed E-state index contributed by atoms with van der Waals surface area (Å²) in [5.74, 6) is -0.934. The van der Waals surface area contributed by atoms with Crippen LogP contribution < -0.4 is 5.73 Å². The molecular weight excluding hydrogens is 368 g/mol. The maximum absolute atomic E-state index is 11.9. The summed E-state index contributed by atoms with van der Waals surface area (Å²) in [5, 5.41) is 17.3. The number of rotatable bonds is 12. The van der Waals surface area contributed by atoms with E-state index in [1.54, 1.807) is 16.7 Å². The molecule has 2 atom stereocenters. The van der Waals surface area contributed by atoms with Crippen molar-refractivity contribution in [2.45, 2.75) is 83.2 Å². The Morgan fingerprint density at radius 1 is 1.15 bits per heavy atom. The van der Waals surface area contributed by atoms with Gasteiger partial charge in [-0.1, -0.05) is 39.0 Å². The molecule has 1 fully saturated rings. The average molecular weight is 405 g/mol. The molecule has 0 bridgehead atoms. The number of aliphatic carboxylic acids is 2. The SMILES string of the molecule is CCCCCCCCC(=O)N1CCCC1C(=O)O.CSCCC(N)C(=O)O. The molecule has 0 aromatic rings. The van der Waals surface area contributed by atoms with Gasteiger partial charge < -0.3 is 20.8 Å². The fourth-order valence-electron chi connectivity index (χ4n) is 2.89. The summed E-state index contributed by atoms with van der Waals surface area (Å²) in [7, 11) is 0. The van der Waals surface area contributed by atoms with Gasteiger partial charge in [-0.25, -0.2) is 4.79 Å². The third-order valence-corrected chi connectivity index (χ3v) is 5.20. The summed E-state index contributed by atoms with van der Waals surface area (Å²) in [5.41, 5.74) is 5.19. The number of carbonyl (C=O) groups excluding carboxylic acids is 1. The van der Waals surface area contributed by atoms with Gasteiger partial charge in [0.15, 0.2) is 0 Å². The topological polar surface area (TPSA) is 121 Å². The van der Waals surface area contributed by atoms with Crippen molar-refractivity contribution in [3.63, 3.8) is 0 Å². The summed E-state index contributed by atoms with van der Waals surface area (Å²) in [6, 6.07) is -1.25. The minimum Gasteiger partial charge on any atom is -0.480 e. The highest BCUT2D eigenvalue weighted by atomic mass is 32.2. The number of nitrogens with zero attached hydrogens (tertiary/aromatic N) is 1. The van der Waals surface area contributed by atoms with Crippen LogP contribution in [0, 0.1) is 0 Å². The highest BCUT2D eigenvalue weighted by Gasteiger charge is 2.33. The molecule has 0 spiro atoms. The van der Waals surface area contributed by atoms with Crippen LogP contribution in [0.1, 0.15) is 71.1 Å². The monoisotopic (exact) mass is 404 g/mol. The van der Waals surface area contributed by atoms with Gasteiger partial charge in [0.1, 0.15) is 12.1 Å². The quantitative estimate of drug-likeness (QED) is 0.428. The summed E-state index contributed by atoms with van der Waals surface area (Å²) >= 11 is 1.60. The van der Waals surface area contributed by atoms with Gasteiger partial charge in [0.25, 0.3) is 0 Å². The Labute approximate surface area is 167 Å². The lowest BCUT2D eigenvalue weighted by Crippen LogP contribution is -2.40. The zero-order valence-corrected chi connectivity index (χ0v) is 17.5. The lowest BCUT2D eigenvalue weighted by molar-refractivity contribution is -0.148. The van der Waals surface area contributed by atoms with Gasteiger partial charge in [-0.2, -0.15) is 11.8 Å². The number of thioether (sulfide) groups is 1. The first kappa shape index (κ1) is 25.7. The van der Waals surface area contributed by atoms with Crippen molar-refractivity contribution in [1.29, 1.82) is 0 Å². The molecule has 1 saturated heterocycles. The average Bonchev–Trinajstić information content (AvgIpc) is 3.13. The Balaban J connectivity index is 0.000000636. The first-order chi connectivity index (χ1) is 12.8. The molecule has 0 radical (unpaired) electrons. The molecule has 1 aliphatic rings. The maximum atomic E-state index is 11.9. The van der Waals surface area contributed by atoms with Crippen LogP contribution in [-0.2, 0) is 14.4 Å². The minimum atomic E-state index is -0.913. The smallest absolute Gasteiger partial charge is 0.326 e. The molecule has 1 amide bonds. The molecule has 0 aromatic carbocycles. The van der Waals surface area contributed by atoms with E-state index in [0.717, 1.165) is 25.0 Å². The Bertz CT molecular complexity index is 448. The van der Waals surface area contributed by atoms with Gasteiger partial charge in [-0.15, -0.1) is 0 Å². The third kappa shape index (κ3) is 11.9. The second kappa shape index (κ2) is 15.7. The van der Waals surface area contributed by atoms with E-state index < -0.39 is 24.0 Å². The molecule has 7 nitrogen and oxygen atoms in total. The molecule has 8 heteroatoms. The maximum Gasteiger partial charge on any atom is 0.326 e. The van der Waals surface area contributed by atoms with Crippen molar-refractivity contribution >= 4 is 29.6 Å². The highest BCUT2D eigenvalue weighted by Crippen LogP contribution is 2.19. The van der Waals surface area contributed by atoms with E-state index in [0.29, 0.717) is 25.8 Å². The Hall–Kier alpha value is -1.28. The Kier molecular flexibility index (Phi) is 15.0. The summed E-state index contributed by atoms with van der Waals surface area (Å²) in [4.78, 5) is 34.5. The van der Waals surface area contributed by atoms with Crippen LogP contribution in [0.3, 0.4) is 0 Å². The zero-order chi connectivity index (χ0) is 20.7.